The SMILES string of the molecule is Cc1ccc(S(=O)(=O)N2CCOCC2)cc1NC(=O)CN(C)C1CCCc2ccccc21. The van der Waals surface area contributed by atoms with E-state index in [1.165, 1.54) is 15.4 Å². The summed E-state index contributed by atoms with van der Waals surface area (Å²) in [6, 6.07) is 13.5. The molecular weight excluding hydrogens is 426 g/mol. The number of aryl methyl sites for hydroxylation is 2. The summed E-state index contributed by atoms with van der Waals surface area (Å²) >= 11 is 0. The molecule has 0 aromatic heterocycles. The Balaban J connectivity index is 1.46. The molecule has 2 aromatic rings. The fraction of sp³-hybridized carbons (Fsp3) is 0.458. The summed E-state index contributed by atoms with van der Waals surface area (Å²) in [5, 5.41) is 2.93. The van der Waals surface area contributed by atoms with Gasteiger partial charge in [0, 0.05) is 24.8 Å². The molecule has 1 N–H and O–H groups in total. The number of morpholine rings is 1. The molecule has 32 heavy (non-hydrogen) atoms. The van der Waals surface area contributed by atoms with Crippen molar-refractivity contribution in [3.05, 3.63) is 59.2 Å². The van der Waals surface area contributed by atoms with Gasteiger partial charge in [0.25, 0.3) is 0 Å². The van der Waals surface area contributed by atoms with Crippen LogP contribution in [0.5, 0.6) is 0 Å². The highest BCUT2D eigenvalue weighted by molar-refractivity contribution is 7.89. The Labute approximate surface area is 190 Å². The average molecular weight is 458 g/mol. The van der Waals surface area contributed by atoms with E-state index in [1.54, 1.807) is 18.2 Å². The zero-order valence-corrected chi connectivity index (χ0v) is 19.5. The molecule has 2 aromatic carbocycles. The number of likely N-dealkylation sites (N-methyl/N-ethyl adjacent to an activating group) is 1. The van der Waals surface area contributed by atoms with E-state index in [1.807, 2.05) is 14.0 Å². The average Bonchev–Trinajstić information content (AvgIpc) is 2.80. The summed E-state index contributed by atoms with van der Waals surface area (Å²) in [5.41, 5.74) is 4.00. The third kappa shape index (κ3) is 4.88. The molecule has 0 spiro atoms. The smallest absolute Gasteiger partial charge is 0.243 e. The van der Waals surface area contributed by atoms with Crippen molar-refractivity contribution in [3.8, 4) is 0 Å². The number of nitrogens with one attached hydrogen (secondary N) is 1. The number of sulfonamides is 1. The molecule has 1 unspecified atom stereocenters. The molecule has 7 nitrogen and oxygen atoms in total. The number of carbonyl (C=O) groups is 1. The van der Waals surface area contributed by atoms with Gasteiger partial charge in [-0.1, -0.05) is 30.3 Å². The summed E-state index contributed by atoms with van der Waals surface area (Å²) in [5.74, 6) is -0.153. The molecule has 1 aliphatic carbocycles. The highest BCUT2D eigenvalue weighted by Crippen LogP contribution is 2.33. The van der Waals surface area contributed by atoms with Crippen LogP contribution in [0, 0.1) is 6.92 Å². The third-order valence-electron chi connectivity index (χ3n) is 6.35. The molecule has 4 rings (SSSR count). The van der Waals surface area contributed by atoms with Gasteiger partial charge in [-0.3, -0.25) is 9.69 Å². The second kappa shape index (κ2) is 9.70. The van der Waals surface area contributed by atoms with E-state index in [0.717, 1.165) is 24.8 Å². The molecule has 0 bridgehead atoms. The van der Waals surface area contributed by atoms with E-state index >= 15 is 0 Å². The number of nitrogens with zero attached hydrogens (tertiary/aromatic N) is 2. The monoisotopic (exact) mass is 457 g/mol. The maximum atomic E-state index is 13.0. The van der Waals surface area contributed by atoms with Crippen LogP contribution in [0.4, 0.5) is 5.69 Å². The van der Waals surface area contributed by atoms with E-state index in [-0.39, 0.29) is 23.4 Å². The normalized spacial score (nSPS) is 19.5. The van der Waals surface area contributed by atoms with Crippen LogP contribution in [-0.4, -0.2) is 63.4 Å². The molecule has 0 radical (unpaired) electrons. The van der Waals surface area contributed by atoms with Crippen molar-refractivity contribution in [1.29, 1.82) is 0 Å². The van der Waals surface area contributed by atoms with Crippen molar-refractivity contribution in [2.75, 3.05) is 45.2 Å². The molecule has 0 saturated carbocycles. The summed E-state index contributed by atoms with van der Waals surface area (Å²) in [4.78, 5) is 15.1. The molecule has 2 aliphatic rings. The maximum Gasteiger partial charge on any atom is 0.243 e. The maximum absolute atomic E-state index is 13.0. The van der Waals surface area contributed by atoms with Crippen molar-refractivity contribution in [1.82, 2.24) is 9.21 Å². The summed E-state index contributed by atoms with van der Waals surface area (Å²) in [7, 11) is -1.65. The van der Waals surface area contributed by atoms with Crippen LogP contribution in [-0.2, 0) is 26.0 Å². The molecule has 1 aliphatic heterocycles. The predicted octanol–water partition coefficient (Wildman–Crippen LogP) is 2.96. The summed E-state index contributed by atoms with van der Waals surface area (Å²) in [6.45, 7) is 3.56. The van der Waals surface area contributed by atoms with Crippen LogP contribution >= 0.6 is 0 Å². The number of fused-ring (bicyclic) bond motifs is 1. The van der Waals surface area contributed by atoms with Crippen molar-refractivity contribution in [3.63, 3.8) is 0 Å². The van der Waals surface area contributed by atoms with E-state index in [4.69, 9.17) is 4.74 Å². The van der Waals surface area contributed by atoms with Crippen LogP contribution in [0.15, 0.2) is 47.4 Å². The first-order valence-corrected chi connectivity index (χ1v) is 12.6. The van der Waals surface area contributed by atoms with E-state index in [2.05, 4.69) is 34.5 Å². The van der Waals surface area contributed by atoms with Crippen LogP contribution < -0.4 is 5.32 Å². The molecule has 1 heterocycles. The predicted molar refractivity (Wildman–Crippen MR) is 124 cm³/mol. The Morgan fingerprint density at radius 1 is 1.19 bits per heavy atom. The molecule has 1 atom stereocenters. The standard InChI is InChI=1S/C24H31N3O4S/c1-18-10-11-20(32(29,30)27-12-14-31-15-13-27)16-22(18)25-24(28)17-26(2)23-9-5-7-19-6-3-4-8-21(19)23/h3-4,6,8,10-11,16,23H,5,7,9,12-15,17H2,1-2H3,(H,25,28). The number of ether oxygens (including phenoxy) is 1. The van der Waals surface area contributed by atoms with Crippen LogP contribution in [0.3, 0.4) is 0 Å². The molecule has 1 fully saturated rings. The van der Waals surface area contributed by atoms with E-state index in [9.17, 15) is 13.2 Å². The lowest BCUT2D eigenvalue weighted by atomic mass is 9.87. The van der Waals surface area contributed by atoms with Crippen LogP contribution in [0.1, 0.15) is 35.6 Å². The van der Waals surface area contributed by atoms with Gasteiger partial charge in [-0.2, -0.15) is 4.31 Å². The highest BCUT2D eigenvalue weighted by Gasteiger charge is 2.28. The Kier molecular flexibility index (Phi) is 6.95. The molecule has 172 valence electrons. The summed E-state index contributed by atoms with van der Waals surface area (Å²) < 4.78 is 32.7. The van der Waals surface area contributed by atoms with Crippen LogP contribution in [0.25, 0.3) is 0 Å². The Morgan fingerprint density at radius 3 is 2.72 bits per heavy atom. The van der Waals surface area contributed by atoms with Gasteiger partial charge in [0.15, 0.2) is 0 Å². The van der Waals surface area contributed by atoms with Crippen molar-refractivity contribution < 1.29 is 17.9 Å². The van der Waals surface area contributed by atoms with Gasteiger partial charge in [0.2, 0.25) is 15.9 Å². The number of amides is 1. The van der Waals surface area contributed by atoms with Crippen LogP contribution in [0.2, 0.25) is 0 Å². The first-order valence-electron chi connectivity index (χ1n) is 11.1. The van der Waals surface area contributed by atoms with Gasteiger partial charge < -0.3 is 10.1 Å². The van der Waals surface area contributed by atoms with E-state index in [0.29, 0.717) is 32.0 Å². The Bertz CT molecular complexity index is 1080. The van der Waals surface area contributed by atoms with Crippen molar-refractivity contribution in [2.45, 2.75) is 37.1 Å². The number of carbonyl (C=O) groups excluding carboxylic acids is 1. The third-order valence-corrected chi connectivity index (χ3v) is 8.25. The Morgan fingerprint density at radius 2 is 1.94 bits per heavy atom. The minimum Gasteiger partial charge on any atom is -0.379 e. The van der Waals surface area contributed by atoms with Gasteiger partial charge in [-0.15, -0.1) is 0 Å². The zero-order valence-electron chi connectivity index (χ0n) is 18.7. The molecular formula is C24H31N3O4S. The quantitative estimate of drug-likeness (QED) is 0.722. The van der Waals surface area contributed by atoms with E-state index < -0.39 is 10.0 Å². The Hall–Kier alpha value is -2.26. The second-order valence-electron chi connectivity index (χ2n) is 8.56. The summed E-state index contributed by atoms with van der Waals surface area (Å²) in [6.07, 6.45) is 3.21. The van der Waals surface area contributed by atoms with Gasteiger partial charge >= 0.3 is 0 Å². The lowest BCUT2D eigenvalue weighted by Crippen LogP contribution is -2.40. The van der Waals surface area contributed by atoms with Gasteiger partial charge in [-0.05, 0) is 62.1 Å². The van der Waals surface area contributed by atoms with Gasteiger partial charge in [0.1, 0.15) is 0 Å². The first-order chi connectivity index (χ1) is 15.4. The molecule has 1 amide bonds. The zero-order chi connectivity index (χ0) is 22.7. The highest BCUT2D eigenvalue weighted by atomic mass is 32.2. The van der Waals surface area contributed by atoms with Crippen molar-refractivity contribution in [2.24, 2.45) is 0 Å². The number of benzene rings is 2. The lowest BCUT2D eigenvalue weighted by molar-refractivity contribution is -0.117. The topological polar surface area (TPSA) is 79.0 Å². The van der Waals surface area contributed by atoms with Crippen molar-refractivity contribution >= 4 is 21.6 Å². The number of rotatable bonds is 6. The molecule has 8 heteroatoms. The number of hydrogen-bond acceptors (Lipinski definition) is 5. The van der Waals surface area contributed by atoms with Gasteiger partial charge in [-0.25, -0.2) is 8.42 Å². The molecule has 1 saturated heterocycles. The fourth-order valence-corrected chi connectivity index (χ4v) is 5.98. The second-order valence-corrected chi connectivity index (χ2v) is 10.5. The fourth-order valence-electron chi connectivity index (χ4n) is 4.54. The number of anilines is 1. The first kappa shape index (κ1) is 22.9. The van der Waals surface area contributed by atoms with Gasteiger partial charge in [0.05, 0.1) is 24.7 Å². The number of hydrogen-bond donors (Lipinski definition) is 1. The minimum absolute atomic E-state index is 0.153. The largest absolute Gasteiger partial charge is 0.379 e. The minimum atomic E-state index is -3.62. The lowest BCUT2D eigenvalue weighted by Gasteiger charge is -2.33.